The molecule has 1 amide bonds. The van der Waals surface area contributed by atoms with Crippen LogP contribution in [0.5, 0.6) is 0 Å². The van der Waals surface area contributed by atoms with E-state index in [-0.39, 0.29) is 6.04 Å². The molecule has 1 saturated heterocycles. The molecular formula is C6H12N2O2. The lowest BCUT2D eigenvalue weighted by atomic mass is 9.94. The molecule has 0 aromatic carbocycles. The first kappa shape index (κ1) is 7.34. The van der Waals surface area contributed by atoms with Gasteiger partial charge in [0.25, 0.3) is 0 Å². The van der Waals surface area contributed by atoms with Gasteiger partial charge >= 0.3 is 6.09 Å². The molecule has 0 aromatic rings. The van der Waals surface area contributed by atoms with E-state index in [1.807, 2.05) is 6.92 Å². The lowest BCUT2D eigenvalue weighted by Gasteiger charge is -2.39. The Morgan fingerprint density at radius 2 is 2.30 bits per heavy atom. The minimum atomic E-state index is -0.836. The van der Waals surface area contributed by atoms with Crippen molar-refractivity contribution < 1.29 is 9.90 Å². The van der Waals surface area contributed by atoms with Gasteiger partial charge in [0.15, 0.2) is 0 Å². The number of carboxylic acid groups (broad SMARTS) is 1. The standard InChI is InChI=1S/C6H12N2O2/c1-4(7)5-2-8(3-5)6(9)10/h4-5H,2-3,7H2,1H3,(H,9,10)/t4-/m1/s1. The second-order valence-corrected chi connectivity index (χ2v) is 2.81. The number of hydrogen-bond acceptors (Lipinski definition) is 2. The highest BCUT2D eigenvalue weighted by atomic mass is 16.4. The molecule has 1 aliphatic rings. The number of hydrogen-bond donors (Lipinski definition) is 2. The SMILES string of the molecule is C[C@@H](N)C1CN(C(=O)O)C1. The van der Waals surface area contributed by atoms with Gasteiger partial charge in [-0.1, -0.05) is 0 Å². The smallest absolute Gasteiger partial charge is 0.407 e. The lowest BCUT2D eigenvalue weighted by Crippen LogP contribution is -2.55. The number of nitrogens with two attached hydrogens (primary N) is 1. The second-order valence-electron chi connectivity index (χ2n) is 2.81. The Kier molecular flexibility index (Phi) is 1.80. The maximum atomic E-state index is 10.2. The molecule has 1 rings (SSSR count). The van der Waals surface area contributed by atoms with Crippen molar-refractivity contribution in [1.29, 1.82) is 0 Å². The van der Waals surface area contributed by atoms with Crippen LogP contribution in [0.4, 0.5) is 4.79 Å². The third-order valence-electron chi connectivity index (χ3n) is 1.92. The highest BCUT2D eigenvalue weighted by molar-refractivity contribution is 5.66. The number of rotatable bonds is 1. The average Bonchev–Trinajstić information content (AvgIpc) is 1.56. The van der Waals surface area contributed by atoms with E-state index in [9.17, 15) is 4.79 Å². The summed E-state index contributed by atoms with van der Waals surface area (Å²) in [6, 6.07) is 0.121. The quantitative estimate of drug-likeness (QED) is 0.542. The van der Waals surface area contributed by atoms with Gasteiger partial charge in [-0.05, 0) is 6.92 Å². The van der Waals surface area contributed by atoms with E-state index in [0.29, 0.717) is 19.0 Å². The van der Waals surface area contributed by atoms with E-state index >= 15 is 0 Å². The fourth-order valence-electron chi connectivity index (χ4n) is 1.00. The maximum absolute atomic E-state index is 10.2. The first-order valence-electron chi connectivity index (χ1n) is 3.34. The zero-order chi connectivity index (χ0) is 7.72. The third-order valence-corrected chi connectivity index (χ3v) is 1.92. The molecule has 58 valence electrons. The summed E-state index contributed by atoms with van der Waals surface area (Å²) in [7, 11) is 0. The van der Waals surface area contributed by atoms with Crippen LogP contribution in [0.25, 0.3) is 0 Å². The summed E-state index contributed by atoms with van der Waals surface area (Å²) >= 11 is 0. The highest BCUT2D eigenvalue weighted by Gasteiger charge is 2.32. The Morgan fingerprint density at radius 1 is 1.80 bits per heavy atom. The lowest BCUT2D eigenvalue weighted by molar-refractivity contribution is 0.0737. The van der Waals surface area contributed by atoms with Gasteiger partial charge in [-0.2, -0.15) is 0 Å². The number of likely N-dealkylation sites (tertiary alicyclic amines) is 1. The molecule has 0 bridgehead atoms. The zero-order valence-corrected chi connectivity index (χ0v) is 5.95. The average molecular weight is 144 g/mol. The molecule has 1 heterocycles. The van der Waals surface area contributed by atoms with Crippen molar-refractivity contribution in [3.8, 4) is 0 Å². The molecular weight excluding hydrogens is 132 g/mol. The molecule has 1 atom stereocenters. The summed E-state index contributed by atoms with van der Waals surface area (Å²) in [5.41, 5.74) is 5.54. The predicted molar refractivity (Wildman–Crippen MR) is 36.7 cm³/mol. The fraction of sp³-hybridized carbons (Fsp3) is 0.833. The zero-order valence-electron chi connectivity index (χ0n) is 5.95. The van der Waals surface area contributed by atoms with E-state index in [2.05, 4.69) is 0 Å². The van der Waals surface area contributed by atoms with Gasteiger partial charge in [0.1, 0.15) is 0 Å². The van der Waals surface area contributed by atoms with Gasteiger partial charge in [-0.25, -0.2) is 4.79 Å². The van der Waals surface area contributed by atoms with E-state index in [0.717, 1.165) is 0 Å². The summed E-state index contributed by atoms with van der Waals surface area (Å²) in [6.07, 6.45) is -0.836. The molecule has 10 heavy (non-hydrogen) atoms. The van der Waals surface area contributed by atoms with Crippen LogP contribution in [-0.2, 0) is 0 Å². The van der Waals surface area contributed by atoms with Gasteiger partial charge in [0.05, 0.1) is 0 Å². The highest BCUT2D eigenvalue weighted by Crippen LogP contribution is 2.17. The molecule has 0 spiro atoms. The van der Waals surface area contributed by atoms with Crippen LogP contribution in [-0.4, -0.2) is 35.2 Å². The van der Waals surface area contributed by atoms with E-state index in [4.69, 9.17) is 10.8 Å². The minimum absolute atomic E-state index is 0.121. The monoisotopic (exact) mass is 144 g/mol. The van der Waals surface area contributed by atoms with Crippen LogP contribution < -0.4 is 5.73 Å². The molecule has 0 aliphatic carbocycles. The largest absolute Gasteiger partial charge is 0.465 e. The van der Waals surface area contributed by atoms with Crippen molar-refractivity contribution >= 4 is 6.09 Å². The summed E-state index contributed by atoms with van der Waals surface area (Å²) in [6.45, 7) is 3.11. The molecule has 1 aliphatic heterocycles. The van der Waals surface area contributed by atoms with Crippen molar-refractivity contribution in [1.82, 2.24) is 4.90 Å². The van der Waals surface area contributed by atoms with Gasteiger partial charge in [-0.3, -0.25) is 0 Å². The van der Waals surface area contributed by atoms with Crippen molar-refractivity contribution in [2.24, 2.45) is 11.7 Å². The summed E-state index contributed by atoms with van der Waals surface area (Å²) in [4.78, 5) is 11.6. The van der Waals surface area contributed by atoms with Crippen molar-refractivity contribution in [2.45, 2.75) is 13.0 Å². The first-order chi connectivity index (χ1) is 4.61. The van der Waals surface area contributed by atoms with E-state index in [1.54, 1.807) is 0 Å². The topological polar surface area (TPSA) is 66.6 Å². The number of carbonyl (C=O) groups is 1. The van der Waals surface area contributed by atoms with Gasteiger partial charge in [0.2, 0.25) is 0 Å². The molecule has 0 saturated carbocycles. The summed E-state index contributed by atoms with van der Waals surface area (Å²) in [5.74, 6) is 0.371. The fourth-order valence-corrected chi connectivity index (χ4v) is 1.00. The van der Waals surface area contributed by atoms with Gasteiger partial charge in [-0.15, -0.1) is 0 Å². The van der Waals surface area contributed by atoms with E-state index in [1.165, 1.54) is 4.90 Å². The Balaban J connectivity index is 2.24. The summed E-state index contributed by atoms with van der Waals surface area (Å²) in [5, 5.41) is 8.42. The Hall–Kier alpha value is -0.770. The van der Waals surface area contributed by atoms with Gasteiger partial charge < -0.3 is 15.7 Å². The maximum Gasteiger partial charge on any atom is 0.407 e. The Labute approximate surface area is 59.6 Å². The third kappa shape index (κ3) is 1.21. The van der Waals surface area contributed by atoms with Crippen LogP contribution in [0.2, 0.25) is 0 Å². The van der Waals surface area contributed by atoms with Crippen molar-refractivity contribution in [3.05, 3.63) is 0 Å². The van der Waals surface area contributed by atoms with Crippen LogP contribution in [0.15, 0.2) is 0 Å². The summed E-state index contributed by atoms with van der Waals surface area (Å²) < 4.78 is 0. The number of amides is 1. The normalized spacial score (nSPS) is 22.0. The molecule has 4 heteroatoms. The molecule has 4 nitrogen and oxygen atoms in total. The van der Waals surface area contributed by atoms with Crippen molar-refractivity contribution in [3.63, 3.8) is 0 Å². The first-order valence-corrected chi connectivity index (χ1v) is 3.34. The molecule has 0 unspecified atom stereocenters. The Bertz CT molecular complexity index is 141. The minimum Gasteiger partial charge on any atom is -0.465 e. The Morgan fingerprint density at radius 3 is 2.60 bits per heavy atom. The van der Waals surface area contributed by atoms with Crippen LogP contribution in [0, 0.1) is 5.92 Å². The molecule has 3 N–H and O–H groups in total. The van der Waals surface area contributed by atoms with Crippen molar-refractivity contribution in [2.75, 3.05) is 13.1 Å². The predicted octanol–water partition coefficient (Wildman–Crippen LogP) is -0.0566. The van der Waals surface area contributed by atoms with Crippen LogP contribution in [0.3, 0.4) is 0 Å². The number of nitrogens with zero attached hydrogens (tertiary/aromatic N) is 1. The van der Waals surface area contributed by atoms with Crippen LogP contribution in [0.1, 0.15) is 6.92 Å². The molecule has 0 radical (unpaired) electrons. The molecule has 1 fully saturated rings. The molecule has 0 aromatic heterocycles. The van der Waals surface area contributed by atoms with E-state index < -0.39 is 6.09 Å². The second kappa shape index (κ2) is 2.46. The van der Waals surface area contributed by atoms with Crippen LogP contribution >= 0.6 is 0 Å². The van der Waals surface area contributed by atoms with Gasteiger partial charge in [0, 0.05) is 25.0 Å².